The monoisotopic (exact) mass is 456 g/mol. The van der Waals surface area contributed by atoms with E-state index < -0.39 is 5.91 Å². The molecule has 0 bridgehead atoms. The van der Waals surface area contributed by atoms with Crippen molar-refractivity contribution in [2.24, 2.45) is 5.10 Å². The molecule has 2 rings (SSSR count). The number of halogens is 2. The van der Waals surface area contributed by atoms with Crippen molar-refractivity contribution >= 4 is 44.0 Å². The third kappa shape index (κ3) is 5.24. The maximum absolute atomic E-state index is 11.7. The SMILES string of the molecule is COc1ccc(C=NNC(=O)COc2ccc(Br)cc2Br)cc1O. The molecule has 0 aliphatic heterocycles. The highest BCUT2D eigenvalue weighted by atomic mass is 79.9. The molecule has 2 N–H and O–H groups in total. The zero-order valence-corrected chi connectivity index (χ0v) is 15.8. The van der Waals surface area contributed by atoms with Crippen LogP contribution in [0.3, 0.4) is 0 Å². The minimum atomic E-state index is -0.404. The second kappa shape index (κ2) is 8.70. The van der Waals surface area contributed by atoms with Gasteiger partial charge < -0.3 is 14.6 Å². The number of benzene rings is 2. The van der Waals surface area contributed by atoms with Crippen LogP contribution in [0.25, 0.3) is 0 Å². The Labute approximate surface area is 155 Å². The van der Waals surface area contributed by atoms with Crippen molar-refractivity contribution in [3.05, 3.63) is 50.9 Å². The number of phenolic OH excluding ortho intramolecular Hbond substituents is 1. The number of nitrogens with zero attached hydrogens (tertiary/aromatic N) is 1. The molecule has 1 amide bonds. The Bertz CT molecular complexity index is 766. The van der Waals surface area contributed by atoms with Crippen LogP contribution in [-0.2, 0) is 4.79 Å². The Hall–Kier alpha value is -2.06. The summed E-state index contributed by atoms with van der Waals surface area (Å²) in [5.41, 5.74) is 2.96. The molecule has 0 radical (unpaired) electrons. The lowest BCUT2D eigenvalue weighted by Crippen LogP contribution is -2.24. The van der Waals surface area contributed by atoms with Crippen LogP contribution >= 0.6 is 31.9 Å². The van der Waals surface area contributed by atoms with Gasteiger partial charge in [-0.25, -0.2) is 5.43 Å². The third-order valence-corrected chi connectivity index (χ3v) is 3.97. The summed E-state index contributed by atoms with van der Waals surface area (Å²) in [4.78, 5) is 11.7. The number of hydrazone groups is 1. The molecule has 24 heavy (non-hydrogen) atoms. The maximum atomic E-state index is 11.7. The number of nitrogens with one attached hydrogen (secondary N) is 1. The molecule has 0 heterocycles. The Morgan fingerprint density at radius 2 is 2.00 bits per heavy atom. The number of methoxy groups -OCH3 is 1. The predicted octanol–water partition coefficient (Wildman–Crippen LogP) is 3.45. The minimum absolute atomic E-state index is 0.00352. The summed E-state index contributed by atoms with van der Waals surface area (Å²) in [5.74, 6) is 0.511. The van der Waals surface area contributed by atoms with Gasteiger partial charge in [-0.2, -0.15) is 5.10 Å². The highest BCUT2D eigenvalue weighted by Crippen LogP contribution is 2.28. The first-order valence-electron chi connectivity index (χ1n) is 6.76. The van der Waals surface area contributed by atoms with E-state index in [9.17, 15) is 9.90 Å². The van der Waals surface area contributed by atoms with Gasteiger partial charge in [-0.05, 0) is 57.9 Å². The fraction of sp³-hybridized carbons (Fsp3) is 0.125. The molecule has 2 aromatic rings. The molecule has 126 valence electrons. The Balaban J connectivity index is 1.85. The summed E-state index contributed by atoms with van der Waals surface area (Å²) in [6.07, 6.45) is 1.41. The number of hydrogen-bond acceptors (Lipinski definition) is 5. The lowest BCUT2D eigenvalue weighted by atomic mass is 10.2. The van der Waals surface area contributed by atoms with Crippen molar-refractivity contribution in [2.75, 3.05) is 13.7 Å². The normalized spacial score (nSPS) is 10.6. The van der Waals surface area contributed by atoms with Crippen LogP contribution in [0.15, 0.2) is 50.4 Å². The smallest absolute Gasteiger partial charge is 0.277 e. The molecule has 0 atom stereocenters. The second-order valence-electron chi connectivity index (χ2n) is 4.59. The molecule has 0 aromatic heterocycles. The van der Waals surface area contributed by atoms with Gasteiger partial charge in [-0.15, -0.1) is 0 Å². The zero-order valence-electron chi connectivity index (χ0n) is 12.6. The third-order valence-electron chi connectivity index (χ3n) is 2.86. The molecule has 0 saturated heterocycles. The summed E-state index contributed by atoms with van der Waals surface area (Å²) < 4.78 is 12.0. The Morgan fingerprint density at radius 1 is 1.25 bits per heavy atom. The van der Waals surface area contributed by atoms with Crippen molar-refractivity contribution in [1.82, 2.24) is 5.43 Å². The first kappa shape index (κ1) is 18.3. The largest absolute Gasteiger partial charge is 0.504 e. The van der Waals surface area contributed by atoms with Crippen molar-refractivity contribution in [1.29, 1.82) is 0 Å². The average molecular weight is 458 g/mol. The van der Waals surface area contributed by atoms with E-state index >= 15 is 0 Å². The lowest BCUT2D eigenvalue weighted by Gasteiger charge is -2.07. The number of rotatable bonds is 6. The van der Waals surface area contributed by atoms with Gasteiger partial charge in [0.15, 0.2) is 18.1 Å². The predicted molar refractivity (Wildman–Crippen MR) is 97.7 cm³/mol. The Morgan fingerprint density at radius 3 is 2.67 bits per heavy atom. The van der Waals surface area contributed by atoms with Gasteiger partial charge in [0.1, 0.15) is 5.75 Å². The van der Waals surface area contributed by atoms with Gasteiger partial charge in [0.05, 0.1) is 17.8 Å². The summed E-state index contributed by atoms with van der Waals surface area (Å²) in [6, 6.07) is 10.2. The molecule has 0 spiro atoms. The van der Waals surface area contributed by atoms with E-state index in [-0.39, 0.29) is 12.4 Å². The summed E-state index contributed by atoms with van der Waals surface area (Å²) >= 11 is 6.69. The summed E-state index contributed by atoms with van der Waals surface area (Å²) in [7, 11) is 1.47. The number of hydrogen-bond donors (Lipinski definition) is 2. The highest BCUT2D eigenvalue weighted by molar-refractivity contribution is 9.11. The van der Waals surface area contributed by atoms with Crippen LogP contribution in [0.1, 0.15) is 5.56 Å². The van der Waals surface area contributed by atoms with Crippen LogP contribution in [0, 0.1) is 0 Å². The average Bonchev–Trinajstić information content (AvgIpc) is 2.54. The first-order valence-corrected chi connectivity index (χ1v) is 8.35. The van der Waals surface area contributed by atoms with Crippen LogP contribution < -0.4 is 14.9 Å². The van der Waals surface area contributed by atoms with Crippen LogP contribution in [-0.4, -0.2) is 30.9 Å². The number of carbonyl (C=O) groups is 1. The lowest BCUT2D eigenvalue weighted by molar-refractivity contribution is -0.123. The van der Waals surface area contributed by atoms with E-state index in [1.54, 1.807) is 18.2 Å². The molecule has 0 fully saturated rings. The molecule has 0 unspecified atom stereocenters. The van der Waals surface area contributed by atoms with Gasteiger partial charge in [0.2, 0.25) is 0 Å². The van der Waals surface area contributed by atoms with Crippen molar-refractivity contribution in [2.45, 2.75) is 0 Å². The van der Waals surface area contributed by atoms with Gasteiger partial charge in [0, 0.05) is 4.47 Å². The number of phenols is 1. The van der Waals surface area contributed by atoms with Gasteiger partial charge in [-0.3, -0.25) is 4.79 Å². The minimum Gasteiger partial charge on any atom is -0.504 e. The van der Waals surface area contributed by atoms with Crippen LogP contribution in [0.5, 0.6) is 17.2 Å². The van der Waals surface area contributed by atoms with Crippen LogP contribution in [0.2, 0.25) is 0 Å². The van der Waals surface area contributed by atoms with E-state index in [1.807, 2.05) is 12.1 Å². The second-order valence-corrected chi connectivity index (χ2v) is 6.36. The maximum Gasteiger partial charge on any atom is 0.277 e. The summed E-state index contributed by atoms with van der Waals surface area (Å²) in [6.45, 7) is -0.175. The van der Waals surface area contributed by atoms with Crippen molar-refractivity contribution in [3.8, 4) is 17.2 Å². The highest BCUT2D eigenvalue weighted by Gasteiger charge is 2.05. The fourth-order valence-corrected chi connectivity index (χ4v) is 2.90. The van der Waals surface area contributed by atoms with E-state index in [1.165, 1.54) is 19.4 Å². The van der Waals surface area contributed by atoms with E-state index in [0.717, 1.165) is 8.95 Å². The number of aromatic hydroxyl groups is 1. The number of amides is 1. The molecule has 8 heteroatoms. The van der Waals surface area contributed by atoms with E-state index in [4.69, 9.17) is 9.47 Å². The fourth-order valence-electron chi connectivity index (χ4n) is 1.73. The van der Waals surface area contributed by atoms with Gasteiger partial charge in [0.25, 0.3) is 5.91 Å². The standard InChI is InChI=1S/C16H14Br2N2O4/c1-23-15-4-2-10(6-13(15)21)8-19-20-16(22)9-24-14-5-3-11(17)7-12(14)18/h2-8,21H,9H2,1H3,(H,20,22). The molecule has 2 aromatic carbocycles. The molecular formula is C16H14Br2N2O4. The Kier molecular flexibility index (Phi) is 6.62. The van der Waals surface area contributed by atoms with Crippen molar-refractivity contribution < 1.29 is 19.4 Å². The zero-order chi connectivity index (χ0) is 17.5. The van der Waals surface area contributed by atoms with E-state index in [0.29, 0.717) is 17.1 Å². The van der Waals surface area contributed by atoms with E-state index in [2.05, 4.69) is 42.4 Å². The van der Waals surface area contributed by atoms with Crippen LogP contribution in [0.4, 0.5) is 0 Å². The molecule has 0 saturated carbocycles. The number of carbonyl (C=O) groups excluding carboxylic acids is 1. The number of ether oxygens (including phenoxy) is 2. The molecule has 6 nitrogen and oxygen atoms in total. The molecular weight excluding hydrogens is 444 g/mol. The van der Waals surface area contributed by atoms with Gasteiger partial charge >= 0.3 is 0 Å². The summed E-state index contributed by atoms with van der Waals surface area (Å²) in [5, 5.41) is 13.5. The molecule has 0 aliphatic carbocycles. The molecule has 0 aliphatic rings. The van der Waals surface area contributed by atoms with Gasteiger partial charge in [-0.1, -0.05) is 15.9 Å². The van der Waals surface area contributed by atoms with Crippen molar-refractivity contribution in [3.63, 3.8) is 0 Å². The quantitative estimate of drug-likeness (QED) is 0.514. The first-order chi connectivity index (χ1) is 11.5. The topological polar surface area (TPSA) is 80.2 Å².